The van der Waals surface area contributed by atoms with Gasteiger partial charge < -0.3 is 10.3 Å². The predicted octanol–water partition coefficient (Wildman–Crippen LogP) is 3.21. The molecule has 0 spiro atoms. The molecule has 150 valence electrons. The molecule has 1 saturated heterocycles. The van der Waals surface area contributed by atoms with Gasteiger partial charge in [0.05, 0.1) is 5.69 Å². The van der Waals surface area contributed by atoms with E-state index in [0.29, 0.717) is 0 Å². The molecule has 30 heavy (non-hydrogen) atoms. The van der Waals surface area contributed by atoms with Crippen LogP contribution in [0.15, 0.2) is 59.8 Å². The highest BCUT2D eigenvalue weighted by molar-refractivity contribution is 6.13. The third-order valence-electron chi connectivity index (χ3n) is 5.22. The molecule has 0 aliphatic carbocycles. The second-order valence-corrected chi connectivity index (χ2v) is 7.02. The van der Waals surface area contributed by atoms with Crippen molar-refractivity contribution >= 4 is 34.3 Å². The van der Waals surface area contributed by atoms with E-state index in [4.69, 9.17) is 5.53 Å². The van der Waals surface area contributed by atoms with Gasteiger partial charge in [-0.1, -0.05) is 41.5 Å². The highest BCUT2D eigenvalue weighted by Gasteiger charge is 2.42. The molecule has 1 aliphatic rings. The Labute approximate surface area is 171 Å². The van der Waals surface area contributed by atoms with Gasteiger partial charge in [0.15, 0.2) is 0 Å². The van der Waals surface area contributed by atoms with E-state index in [1.54, 1.807) is 18.3 Å². The van der Waals surface area contributed by atoms with Gasteiger partial charge in [-0.2, -0.15) is 0 Å². The highest BCUT2D eigenvalue weighted by Crippen LogP contribution is 2.25. The highest BCUT2D eigenvalue weighted by atomic mass is 16.2. The first-order valence-corrected chi connectivity index (χ1v) is 9.38. The average molecular weight is 402 g/mol. The zero-order valence-electron chi connectivity index (χ0n) is 16.1. The van der Waals surface area contributed by atoms with E-state index in [1.165, 1.54) is 19.1 Å². The van der Waals surface area contributed by atoms with E-state index >= 15 is 0 Å². The quantitative estimate of drug-likeness (QED) is 0.301. The summed E-state index contributed by atoms with van der Waals surface area (Å²) in [5, 5.41) is 7.19. The molecule has 2 N–H and O–H groups in total. The molecule has 3 amide bonds. The fourth-order valence-corrected chi connectivity index (χ4v) is 3.68. The molecule has 1 aromatic heterocycles. The molecule has 1 aliphatic heterocycles. The zero-order chi connectivity index (χ0) is 21.3. The van der Waals surface area contributed by atoms with Gasteiger partial charge in [-0.05, 0) is 30.2 Å². The summed E-state index contributed by atoms with van der Waals surface area (Å²) in [4.78, 5) is 45.7. The number of amides is 3. The lowest BCUT2D eigenvalue weighted by Crippen LogP contribution is -2.64. The fraction of sp³-hybridized carbons (Fsp3) is 0.190. The number of piperazine rings is 1. The lowest BCUT2D eigenvalue weighted by atomic mass is 9.99. The van der Waals surface area contributed by atoms with Crippen LogP contribution in [0.25, 0.3) is 21.3 Å². The van der Waals surface area contributed by atoms with Crippen molar-refractivity contribution in [3.8, 4) is 0 Å². The number of benzene rings is 2. The number of fused-ring (bicyclic) bond motifs is 1. The van der Waals surface area contributed by atoms with Crippen molar-refractivity contribution in [3.05, 3.63) is 76.3 Å². The number of rotatable bonds is 4. The van der Waals surface area contributed by atoms with Crippen molar-refractivity contribution in [3.63, 3.8) is 0 Å². The molecule has 0 bridgehead atoms. The van der Waals surface area contributed by atoms with E-state index < -0.39 is 29.8 Å². The van der Waals surface area contributed by atoms with Crippen LogP contribution < -0.4 is 5.32 Å². The van der Waals surface area contributed by atoms with Gasteiger partial charge in [-0.25, -0.2) is 0 Å². The number of aromatic amines is 1. The van der Waals surface area contributed by atoms with E-state index in [0.717, 1.165) is 21.4 Å². The first kappa shape index (κ1) is 19.2. The number of azide groups is 1. The maximum Gasteiger partial charge on any atom is 0.261 e. The number of H-pyrrole nitrogens is 1. The van der Waals surface area contributed by atoms with Crippen molar-refractivity contribution < 1.29 is 14.4 Å². The number of para-hydroxylation sites is 1. The molecule has 0 saturated carbocycles. The first-order valence-electron chi connectivity index (χ1n) is 9.38. The molecule has 3 aromatic rings. The van der Waals surface area contributed by atoms with Crippen LogP contribution in [0.3, 0.4) is 0 Å². The normalized spacial score (nSPS) is 18.8. The maximum atomic E-state index is 13.2. The van der Waals surface area contributed by atoms with Crippen LogP contribution in [0.5, 0.6) is 0 Å². The summed E-state index contributed by atoms with van der Waals surface area (Å²) in [6, 6.07) is 11.9. The number of nitrogens with one attached hydrogen (secondary N) is 2. The van der Waals surface area contributed by atoms with Crippen LogP contribution in [-0.2, 0) is 16.0 Å². The number of hydrogen-bond donors (Lipinski definition) is 2. The fourth-order valence-electron chi connectivity index (χ4n) is 3.68. The number of aromatic nitrogens is 1. The third-order valence-corrected chi connectivity index (χ3v) is 5.22. The summed E-state index contributed by atoms with van der Waals surface area (Å²) >= 11 is 0. The van der Waals surface area contributed by atoms with E-state index in [1.807, 2.05) is 24.3 Å². The molecule has 1 fully saturated rings. The molecule has 2 aromatic carbocycles. The van der Waals surface area contributed by atoms with Crippen LogP contribution in [0, 0.1) is 0 Å². The summed E-state index contributed by atoms with van der Waals surface area (Å²) in [6.07, 6.45) is 2.04. The van der Waals surface area contributed by atoms with Gasteiger partial charge in [-0.3, -0.25) is 19.3 Å². The number of nitrogens with zero attached hydrogens (tertiary/aromatic N) is 4. The van der Waals surface area contributed by atoms with Crippen LogP contribution >= 0.6 is 0 Å². The van der Waals surface area contributed by atoms with E-state index in [9.17, 15) is 14.4 Å². The number of hydrogen-bond acceptors (Lipinski definition) is 4. The van der Waals surface area contributed by atoms with Crippen molar-refractivity contribution in [1.29, 1.82) is 0 Å². The average Bonchev–Trinajstić information content (AvgIpc) is 3.15. The van der Waals surface area contributed by atoms with Crippen LogP contribution in [0.2, 0.25) is 0 Å². The molecule has 0 radical (unpaired) electrons. The van der Waals surface area contributed by atoms with Gasteiger partial charge in [0.1, 0.15) is 12.1 Å². The summed E-state index contributed by atoms with van der Waals surface area (Å²) in [5.74, 6) is -1.60. The van der Waals surface area contributed by atoms with E-state index in [2.05, 4.69) is 20.3 Å². The van der Waals surface area contributed by atoms with Crippen molar-refractivity contribution in [1.82, 2.24) is 15.2 Å². The largest absolute Gasteiger partial charge is 0.361 e. The smallest absolute Gasteiger partial charge is 0.261 e. The Morgan fingerprint density at radius 1 is 1.17 bits per heavy atom. The topological polar surface area (TPSA) is 131 Å². The Morgan fingerprint density at radius 3 is 2.70 bits per heavy atom. The number of carbonyl (C=O) groups is 3. The summed E-state index contributed by atoms with van der Waals surface area (Å²) < 4.78 is 0. The van der Waals surface area contributed by atoms with Gasteiger partial charge in [0.2, 0.25) is 5.91 Å². The zero-order valence-corrected chi connectivity index (χ0v) is 16.1. The van der Waals surface area contributed by atoms with Gasteiger partial charge >= 0.3 is 0 Å². The summed E-state index contributed by atoms with van der Waals surface area (Å²) in [7, 11) is 0. The summed E-state index contributed by atoms with van der Waals surface area (Å²) in [6.45, 7) is 1.49. The molecule has 9 heteroatoms. The van der Waals surface area contributed by atoms with E-state index in [-0.39, 0.29) is 17.7 Å². The Bertz CT molecular complexity index is 1210. The minimum atomic E-state index is -0.983. The molecular formula is C21H18N6O3. The molecular weight excluding hydrogens is 384 g/mol. The lowest BCUT2D eigenvalue weighted by molar-refractivity contribution is -0.145. The maximum absolute atomic E-state index is 13.2. The third kappa shape index (κ3) is 3.27. The monoisotopic (exact) mass is 402 g/mol. The SMILES string of the molecule is C[C@H]1C(=O)N[C@H](Cc2c[nH]c3ccccc23)C(=O)N1C(=O)c1ccccc1N=[N+]=[N-]. The number of carbonyl (C=O) groups excluding carboxylic acids is 3. The Balaban J connectivity index is 1.67. The van der Waals surface area contributed by atoms with Crippen LogP contribution in [0.4, 0.5) is 5.69 Å². The van der Waals surface area contributed by atoms with Gasteiger partial charge in [-0.15, -0.1) is 0 Å². The Kier molecular flexibility index (Phi) is 4.95. The first-order chi connectivity index (χ1) is 14.5. The molecule has 2 heterocycles. The second kappa shape index (κ2) is 7.73. The van der Waals surface area contributed by atoms with Gasteiger partial charge in [0, 0.05) is 34.0 Å². The lowest BCUT2D eigenvalue weighted by Gasteiger charge is -2.36. The predicted molar refractivity (Wildman–Crippen MR) is 110 cm³/mol. The minimum absolute atomic E-state index is 0.0658. The Hall–Kier alpha value is -4.10. The second-order valence-electron chi connectivity index (χ2n) is 7.02. The molecule has 4 rings (SSSR count). The molecule has 0 unspecified atom stereocenters. The minimum Gasteiger partial charge on any atom is -0.361 e. The van der Waals surface area contributed by atoms with Gasteiger partial charge in [0.25, 0.3) is 11.8 Å². The van der Waals surface area contributed by atoms with Crippen LogP contribution in [-0.4, -0.2) is 39.7 Å². The molecule has 9 nitrogen and oxygen atoms in total. The van der Waals surface area contributed by atoms with Crippen LogP contribution in [0.1, 0.15) is 22.8 Å². The summed E-state index contributed by atoms with van der Waals surface area (Å²) in [5.41, 5.74) is 10.7. The van der Waals surface area contributed by atoms with Crippen molar-refractivity contribution in [2.75, 3.05) is 0 Å². The number of imide groups is 1. The molecule has 2 atom stereocenters. The standard InChI is InChI=1S/C21H18N6O3/c1-12-19(28)24-18(10-13-11-23-16-8-4-2-6-14(13)16)21(30)27(12)20(29)15-7-3-5-9-17(15)25-26-22/h2-9,11-12,18,23H,10H2,1H3,(H,24,28)/t12-,18+/m0/s1. The Morgan fingerprint density at radius 2 is 1.90 bits per heavy atom. The van der Waals surface area contributed by atoms with Crippen molar-refractivity contribution in [2.24, 2.45) is 5.11 Å². The van der Waals surface area contributed by atoms with Crippen molar-refractivity contribution in [2.45, 2.75) is 25.4 Å².